The van der Waals surface area contributed by atoms with Crippen LogP contribution in [0.2, 0.25) is 0 Å². The molecule has 2 aromatic rings. The van der Waals surface area contributed by atoms with Crippen molar-refractivity contribution in [2.45, 2.75) is 32.9 Å². The molecule has 1 amide bonds. The average molecular weight is 410 g/mol. The third-order valence-electron chi connectivity index (χ3n) is 6.37. The van der Waals surface area contributed by atoms with Gasteiger partial charge in [-0.1, -0.05) is 0 Å². The molecule has 158 valence electrons. The zero-order chi connectivity index (χ0) is 21.1. The zero-order valence-electron chi connectivity index (χ0n) is 17.8. The molecule has 1 atom stereocenters. The van der Waals surface area contributed by atoms with Gasteiger partial charge in [-0.25, -0.2) is 0 Å². The summed E-state index contributed by atoms with van der Waals surface area (Å²) in [5.41, 5.74) is 4.10. The van der Waals surface area contributed by atoms with Crippen molar-refractivity contribution >= 4 is 17.4 Å². The first-order valence-electron chi connectivity index (χ1n) is 10.8. The highest BCUT2D eigenvalue weighted by atomic mass is 16.5. The average Bonchev–Trinajstić information content (AvgIpc) is 3.22. The van der Waals surface area contributed by atoms with E-state index in [1.54, 1.807) is 36.1 Å². The van der Waals surface area contributed by atoms with Crippen LogP contribution in [0.15, 0.2) is 42.5 Å². The Bertz CT molecular complexity index is 918. The Morgan fingerprint density at radius 3 is 2.50 bits per heavy atom. The fourth-order valence-electron chi connectivity index (χ4n) is 4.40. The number of rotatable bonds is 6. The topological polar surface area (TPSA) is 64.3 Å². The maximum atomic E-state index is 12.7. The molecule has 0 spiro atoms. The van der Waals surface area contributed by atoms with E-state index in [9.17, 15) is 9.59 Å². The first-order valence-corrected chi connectivity index (χ1v) is 10.8. The van der Waals surface area contributed by atoms with Gasteiger partial charge in [0.2, 0.25) is 0 Å². The van der Waals surface area contributed by atoms with Crippen molar-refractivity contribution in [2.75, 3.05) is 38.1 Å². The van der Waals surface area contributed by atoms with Gasteiger partial charge in [0.25, 0.3) is 5.91 Å². The highest BCUT2D eigenvalue weighted by Gasteiger charge is 2.31. The van der Waals surface area contributed by atoms with Crippen molar-refractivity contribution in [3.05, 3.63) is 59.2 Å². The summed E-state index contributed by atoms with van der Waals surface area (Å²) in [6.45, 7) is 9.47. The molecule has 0 aromatic heterocycles. The van der Waals surface area contributed by atoms with E-state index in [1.807, 2.05) is 6.92 Å². The number of ether oxygens (including phenoxy) is 1. The van der Waals surface area contributed by atoms with Gasteiger partial charge in [0, 0.05) is 23.2 Å². The molecule has 0 bridgehead atoms. The van der Waals surface area contributed by atoms with E-state index in [4.69, 9.17) is 4.74 Å². The van der Waals surface area contributed by atoms with Crippen LogP contribution in [-0.4, -0.2) is 50.5 Å². The molecule has 0 unspecified atom stereocenters. The fourth-order valence-corrected chi connectivity index (χ4v) is 4.40. The van der Waals surface area contributed by atoms with Crippen molar-refractivity contribution in [3.8, 4) is 5.75 Å². The summed E-state index contributed by atoms with van der Waals surface area (Å²) >= 11 is 0. The van der Waals surface area contributed by atoms with Crippen molar-refractivity contribution < 1.29 is 24.1 Å². The summed E-state index contributed by atoms with van der Waals surface area (Å²) in [5.74, 6) is 1.10. The van der Waals surface area contributed by atoms with E-state index in [0.717, 1.165) is 57.2 Å². The summed E-state index contributed by atoms with van der Waals surface area (Å²) in [4.78, 5) is 27.0. The number of carbonyl (C=O) groups excluding carboxylic acids is 2. The van der Waals surface area contributed by atoms with Crippen LogP contribution in [0.4, 0.5) is 5.69 Å². The predicted molar refractivity (Wildman–Crippen MR) is 115 cm³/mol. The van der Waals surface area contributed by atoms with Crippen LogP contribution in [0.3, 0.4) is 0 Å². The normalized spacial score (nSPS) is 21.4. The lowest BCUT2D eigenvalue weighted by molar-refractivity contribution is -1.02. The number of nitrogens with one attached hydrogen (secondary N) is 3. The highest BCUT2D eigenvalue weighted by Crippen LogP contribution is 2.25. The minimum Gasteiger partial charge on any atom is -0.493 e. The molecule has 6 nitrogen and oxygen atoms in total. The number of anilines is 1. The number of benzene rings is 2. The van der Waals surface area contributed by atoms with E-state index >= 15 is 0 Å². The quantitative estimate of drug-likeness (QED) is 0.595. The predicted octanol–water partition coefficient (Wildman–Crippen LogP) is 0.135. The molecule has 4 rings (SSSR count). The number of Topliss-reactive ketones (excluding diaryl/α,β-unsaturated/α-hetero) is 1. The summed E-state index contributed by atoms with van der Waals surface area (Å²) < 4.78 is 5.60. The van der Waals surface area contributed by atoms with Gasteiger partial charge >= 0.3 is 0 Å². The number of carbonyl (C=O) groups is 2. The smallest absolute Gasteiger partial charge is 0.282 e. The maximum absolute atomic E-state index is 12.7. The van der Waals surface area contributed by atoms with Crippen LogP contribution in [0, 0.1) is 0 Å². The second-order valence-corrected chi connectivity index (χ2v) is 8.47. The largest absolute Gasteiger partial charge is 0.493 e. The second kappa shape index (κ2) is 8.98. The van der Waals surface area contributed by atoms with Gasteiger partial charge in [-0.05, 0) is 61.9 Å². The van der Waals surface area contributed by atoms with E-state index in [0.29, 0.717) is 5.56 Å². The molecule has 1 saturated heterocycles. The van der Waals surface area contributed by atoms with Crippen LogP contribution < -0.4 is 19.9 Å². The first-order chi connectivity index (χ1) is 14.5. The highest BCUT2D eigenvalue weighted by molar-refractivity contribution is 5.96. The Hall–Kier alpha value is -2.70. The first kappa shape index (κ1) is 20.6. The SMILES string of the molecule is CC(=O)c1ccc(NC(=O)[C@H](C)[NH+]2CC[NH+](Cc3ccc4c(c3)CCO4)CC2)cc1. The standard InChI is InChI=1S/C24H29N3O3/c1-17(24(29)25-22-6-4-20(5-7-22)18(2)28)27-12-10-26(11-13-27)16-19-3-8-23-21(15-19)9-14-30-23/h3-8,15,17H,9-14,16H2,1-2H3,(H,25,29)/p+2/t17-/m0/s1. The summed E-state index contributed by atoms with van der Waals surface area (Å²) in [5, 5.41) is 2.99. The molecular weight excluding hydrogens is 378 g/mol. The number of ketones is 1. The van der Waals surface area contributed by atoms with Gasteiger partial charge < -0.3 is 19.9 Å². The molecule has 2 aliphatic heterocycles. The Kier molecular flexibility index (Phi) is 6.16. The molecule has 1 fully saturated rings. The van der Waals surface area contributed by atoms with Crippen LogP contribution in [-0.2, 0) is 17.8 Å². The number of piperazine rings is 1. The van der Waals surface area contributed by atoms with Crippen LogP contribution in [0.5, 0.6) is 5.75 Å². The Balaban J connectivity index is 1.26. The van der Waals surface area contributed by atoms with Gasteiger partial charge in [0.1, 0.15) is 38.5 Å². The van der Waals surface area contributed by atoms with Gasteiger partial charge in [-0.15, -0.1) is 0 Å². The third-order valence-corrected chi connectivity index (χ3v) is 6.37. The Morgan fingerprint density at radius 1 is 1.07 bits per heavy atom. The minimum absolute atomic E-state index is 0.0271. The molecular formula is C24H31N3O3+2. The Morgan fingerprint density at radius 2 is 1.80 bits per heavy atom. The Labute approximate surface area is 177 Å². The molecule has 3 N–H and O–H groups in total. The summed E-state index contributed by atoms with van der Waals surface area (Å²) in [7, 11) is 0. The van der Waals surface area contributed by atoms with Gasteiger partial charge in [-0.2, -0.15) is 0 Å². The molecule has 2 aliphatic rings. The summed E-state index contributed by atoms with van der Waals surface area (Å²) in [6, 6.07) is 13.6. The monoisotopic (exact) mass is 409 g/mol. The van der Waals surface area contributed by atoms with Gasteiger partial charge in [0.05, 0.1) is 6.61 Å². The zero-order valence-corrected chi connectivity index (χ0v) is 17.8. The molecule has 6 heteroatoms. The van der Waals surface area contributed by atoms with Gasteiger partial charge in [-0.3, -0.25) is 9.59 Å². The van der Waals surface area contributed by atoms with Crippen LogP contribution in [0.1, 0.15) is 35.3 Å². The van der Waals surface area contributed by atoms with Crippen LogP contribution >= 0.6 is 0 Å². The lowest BCUT2D eigenvalue weighted by Gasteiger charge is -2.32. The molecule has 2 heterocycles. The fraction of sp³-hybridized carbons (Fsp3) is 0.417. The van der Waals surface area contributed by atoms with E-state index in [-0.39, 0.29) is 17.7 Å². The van der Waals surface area contributed by atoms with Crippen molar-refractivity contribution in [2.24, 2.45) is 0 Å². The van der Waals surface area contributed by atoms with E-state index in [1.165, 1.54) is 16.0 Å². The number of fused-ring (bicyclic) bond motifs is 1. The van der Waals surface area contributed by atoms with Crippen LogP contribution in [0.25, 0.3) is 0 Å². The van der Waals surface area contributed by atoms with Crippen molar-refractivity contribution in [3.63, 3.8) is 0 Å². The molecule has 30 heavy (non-hydrogen) atoms. The maximum Gasteiger partial charge on any atom is 0.282 e. The van der Waals surface area contributed by atoms with E-state index < -0.39 is 0 Å². The number of quaternary nitrogens is 2. The van der Waals surface area contributed by atoms with Crippen molar-refractivity contribution in [1.82, 2.24) is 0 Å². The van der Waals surface area contributed by atoms with E-state index in [2.05, 4.69) is 23.5 Å². The molecule has 0 saturated carbocycles. The molecule has 2 aromatic carbocycles. The summed E-state index contributed by atoms with van der Waals surface area (Å²) in [6.07, 6.45) is 1.01. The lowest BCUT2D eigenvalue weighted by Crippen LogP contribution is -3.29. The minimum atomic E-state index is -0.101. The van der Waals surface area contributed by atoms with Crippen molar-refractivity contribution in [1.29, 1.82) is 0 Å². The molecule has 0 aliphatic carbocycles. The number of hydrogen-bond donors (Lipinski definition) is 3. The second-order valence-electron chi connectivity index (χ2n) is 8.47. The van der Waals surface area contributed by atoms with Gasteiger partial charge in [0.15, 0.2) is 11.8 Å². The molecule has 0 radical (unpaired) electrons. The number of hydrogen-bond acceptors (Lipinski definition) is 3. The number of amides is 1. The lowest BCUT2D eigenvalue weighted by atomic mass is 10.1. The third kappa shape index (κ3) is 4.71.